The molecule has 1 unspecified atom stereocenters. The minimum atomic E-state index is -0.289. The second kappa shape index (κ2) is 6.61. The van der Waals surface area contributed by atoms with Gasteiger partial charge in [0.25, 0.3) is 0 Å². The molecule has 1 aliphatic heterocycles. The van der Waals surface area contributed by atoms with Crippen LogP contribution in [0.15, 0.2) is 77.8 Å². The van der Waals surface area contributed by atoms with E-state index >= 15 is 0 Å². The van der Waals surface area contributed by atoms with Crippen molar-refractivity contribution in [3.63, 3.8) is 0 Å². The molecule has 1 atom stereocenters. The number of hydrogen-bond acceptors (Lipinski definition) is 5. The number of carbonyl (C=O) groups is 2. The average Bonchev–Trinajstić information content (AvgIpc) is 3.06. The van der Waals surface area contributed by atoms with Crippen molar-refractivity contribution >= 4 is 17.8 Å². The predicted octanol–water partition coefficient (Wildman–Crippen LogP) is 4.17. The molecule has 2 N–H and O–H groups in total. The van der Waals surface area contributed by atoms with Gasteiger partial charge in [-0.05, 0) is 36.8 Å². The largest absolute Gasteiger partial charge is 0.508 e. The van der Waals surface area contributed by atoms with Crippen LogP contribution in [0.3, 0.4) is 0 Å². The van der Waals surface area contributed by atoms with Gasteiger partial charge in [0.15, 0.2) is 5.78 Å². The predicted molar refractivity (Wildman–Crippen MR) is 99.2 cm³/mol. The van der Waals surface area contributed by atoms with E-state index in [1.54, 1.807) is 42.5 Å². The number of aldehydes is 1. The van der Waals surface area contributed by atoms with Gasteiger partial charge in [0.1, 0.15) is 29.3 Å². The van der Waals surface area contributed by atoms with E-state index in [4.69, 9.17) is 4.74 Å². The molecule has 0 saturated heterocycles. The van der Waals surface area contributed by atoms with Gasteiger partial charge in [-0.1, -0.05) is 24.3 Å². The van der Waals surface area contributed by atoms with Crippen molar-refractivity contribution in [2.24, 2.45) is 5.92 Å². The zero-order valence-electron chi connectivity index (χ0n) is 14.3. The monoisotopic (exact) mass is 360 g/mol. The number of carbonyl (C=O) groups excluding carboxylic acids is 2. The zero-order chi connectivity index (χ0) is 19.0. The van der Waals surface area contributed by atoms with Gasteiger partial charge in [0.05, 0.1) is 11.5 Å². The van der Waals surface area contributed by atoms with E-state index in [0.29, 0.717) is 40.2 Å². The van der Waals surface area contributed by atoms with Crippen LogP contribution >= 0.6 is 0 Å². The van der Waals surface area contributed by atoms with Gasteiger partial charge < -0.3 is 14.9 Å². The van der Waals surface area contributed by atoms with Crippen LogP contribution < -0.4 is 0 Å². The summed E-state index contributed by atoms with van der Waals surface area (Å²) in [6.07, 6.45) is 4.35. The Hall–Kier alpha value is -3.60. The minimum Gasteiger partial charge on any atom is -0.508 e. The third-order valence-corrected chi connectivity index (χ3v) is 4.69. The maximum Gasteiger partial charge on any atom is 0.193 e. The second-order valence-electron chi connectivity index (χ2n) is 6.42. The average molecular weight is 360 g/mol. The quantitative estimate of drug-likeness (QED) is 0.631. The molecule has 2 aromatic rings. The maximum atomic E-state index is 13.2. The van der Waals surface area contributed by atoms with Gasteiger partial charge in [-0.2, -0.15) is 0 Å². The minimum absolute atomic E-state index is 0.107. The number of ether oxygens (including phenoxy) is 1. The molecular weight excluding hydrogens is 344 g/mol. The Kier molecular flexibility index (Phi) is 4.12. The summed E-state index contributed by atoms with van der Waals surface area (Å²) in [6.45, 7) is 0. The van der Waals surface area contributed by atoms with Gasteiger partial charge in [-0.25, -0.2) is 0 Å². The molecule has 4 rings (SSSR count). The summed E-state index contributed by atoms with van der Waals surface area (Å²) >= 11 is 0. The number of aliphatic hydroxyl groups is 1. The molecule has 0 aromatic heterocycles. The number of rotatable bonds is 4. The summed E-state index contributed by atoms with van der Waals surface area (Å²) in [4.78, 5) is 24.1. The smallest absolute Gasteiger partial charge is 0.193 e. The standard InChI is InChI=1S/C22H16O5/c23-12-13-1-3-14(4-2-13)21(26)20-18-10-9-17(25)11-19(18)27-22(20)15-5-7-16(24)8-6-15/h1-9,11-12,18,24-25H,10H2. The molecule has 5 nitrogen and oxygen atoms in total. The lowest BCUT2D eigenvalue weighted by Gasteiger charge is -2.15. The van der Waals surface area contributed by atoms with Crippen molar-refractivity contribution in [2.45, 2.75) is 6.42 Å². The van der Waals surface area contributed by atoms with Crippen molar-refractivity contribution in [3.8, 4) is 5.75 Å². The van der Waals surface area contributed by atoms with Crippen molar-refractivity contribution in [2.75, 3.05) is 0 Å². The number of Topliss-reactive ketones (excluding diaryl/α,β-unsaturated/α-hetero) is 1. The fourth-order valence-corrected chi connectivity index (χ4v) is 3.31. The van der Waals surface area contributed by atoms with Gasteiger partial charge in [0.2, 0.25) is 0 Å². The number of benzene rings is 2. The first-order valence-electron chi connectivity index (χ1n) is 8.49. The first-order valence-corrected chi connectivity index (χ1v) is 8.49. The van der Waals surface area contributed by atoms with E-state index in [-0.39, 0.29) is 23.2 Å². The Morgan fingerprint density at radius 2 is 1.74 bits per heavy atom. The van der Waals surface area contributed by atoms with Gasteiger partial charge >= 0.3 is 0 Å². The molecule has 0 radical (unpaired) electrons. The van der Waals surface area contributed by atoms with E-state index in [9.17, 15) is 19.8 Å². The first kappa shape index (κ1) is 16.8. The molecule has 0 spiro atoms. The van der Waals surface area contributed by atoms with Crippen LogP contribution in [0.5, 0.6) is 5.75 Å². The van der Waals surface area contributed by atoms with Crippen LogP contribution in [-0.2, 0) is 4.74 Å². The van der Waals surface area contributed by atoms with Crippen LogP contribution in [-0.4, -0.2) is 22.3 Å². The summed E-state index contributed by atoms with van der Waals surface area (Å²) in [5.74, 6) is 0.673. The number of hydrogen-bond donors (Lipinski definition) is 2. The molecule has 1 aliphatic carbocycles. The van der Waals surface area contributed by atoms with Crippen LogP contribution in [0.4, 0.5) is 0 Å². The number of phenols is 1. The van der Waals surface area contributed by atoms with Crippen molar-refractivity contribution in [3.05, 3.63) is 94.5 Å². The fourth-order valence-electron chi connectivity index (χ4n) is 3.31. The SMILES string of the molecule is O=Cc1ccc(C(=O)C2=C(c3ccc(O)cc3)OC3=CC(O)=CCC32)cc1. The summed E-state index contributed by atoms with van der Waals surface area (Å²) < 4.78 is 5.94. The highest BCUT2D eigenvalue weighted by molar-refractivity contribution is 6.14. The normalized spacial score (nSPS) is 18.3. The van der Waals surface area contributed by atoms with E-state index in [2.05, 4.69) is 0 Å². The molecule has 134 valence electrons. The van der Waals surface area contributed by atoms with Gasteiger partial charge in [0, 0.05) is 22.8 Å². The Balaban J connectivity index is 1.81. The lowest BCUT2D eigenvalue weighted by molar-refractivity contribution is 0.102. The molecule has 2 aromatic carbocycles. The number of aromatic hydroxyl groups is 1. The molecule has 0 saturated carbocycles. The summed E-state index contributed by atoms with van der Waals surface area (Å²) in [5.41, 5.74) is 2.11. The zero-order valence-corrected chi connectivity index (χ0v) is 14.3. The maximum absolute atomic E-state index is 13.2. The molecule has 27 heavy (non-hydrogen) atoms. The summed E-state index contributed by atoms with van der Waals surface area (Å²) in [6, 6.07) is 12.8. The van der Waals surface area contributed by atoms with E-state index in [0.717, 1.165) is 6.29 Å². The fraction of sp³-hybridized carbons (Fsp3) is 0.0909. The number of phenolic OH excluding ortho intramolecular Hbond substituents is 1. The Bertz CT molecular complexity index is 1010. The van der Waals surface area contributed by atoms with Crippen molar-refractivity contribution in [1.29, 1.82) is 0 Å². The molecule has 2 aliphatic rings. The number of fused-ring (bicyclic) bond motifs is 1. The van der Waals surface area contributed by atoms with Gasteiger partial charge in [-0.15, -0.1) is 0 Å². The Morgan fingerprint density at radius 3 is 2.41 bits per heavy atom. The molecule has 5 heteroatoms. The summed E-state index contributed by atoms with van der Waals surface area (Å²) in [7, 11) is 0. The third kappa shape index (κ3) is 3.04. The molecule has 0 amide bonds. The highest BCUT2D eigenvalue weighted by Crippen LogP contribution is 2.45. The molecule has 0 bridgehead atoms. The second-order valence-corrected chi connectivity index (χ2v) is 6.42. The number of aliphatic hydroxyl groups excluding tert-OH is 1. The lowest BCUT2D eigenvalue weighted by Crippen LogP contribution is -2.14. The molecular formula is C22H16O5. The van der Waals surface area contributed by atoms with E-state index < -0.39 is 0 Å². The third-order valence-electron chi connectivity index (χ3n) is 4.69. The van der Waals surface area contributed by atoms with Crippen LogP contribution in [0.1, 0.15) is 32.7 Å². The number of allylic oxidation sites excluding steroid dienone is 3. The van der Waals surface area contributed by atoms with Crippen molar-refractivity contribution < 1.29 is 24.5 Å². The molecule has 0 fully saturated rings. The topological polar surface area (TPSA) is 83.8 Å². The highest BCUT2D eigenvalue weighted by atomic mass is 16.5. The molecule has 1 heterocycles. The summed E-state index contributed by atoms with van der Waals surface area (Å²) in [5, 5.41) is 19.3. The van der Waals surface area contributed by atoms with E-state index in [1.807, 2.05) is 0 Å². The lowest BCUT2D eigenvalue weighted by atomic mass is 9.85. The van der Waals surface area contributed by atoms with Gasteiger partial charge in [-0.3, -0.25) is 9.59 Å². The first-order chi connectivity index (χ1) is 13.1. The highest BCUT2D eigenvalue weighted by Gasteiger charge is 2.38. The van der Waals surface area contributed by atoms with Crippen LogP contribution in [0.2, 0.25) is 0 Å². The van der Waals surface area contributed by atoms with E-state index in [1.165, 1.54) is 18.2 Å². The van der Waals surface area contributed by atoms with Crippen LogP contribution in [0.25, 0.3) is 5.76 Å². The van der Waals surface area contributed by atoms with Crippen molar-refractivity contribution in [1.82, 2.24) is 0 Å². The van der Waals surface area contributed by atoms with Crippen LogP contribution in [0, 0.1) is 5.92 Å². The Labute approximate surface area is 155 Å². The Morgan fingerprint density at radius 1 is 1.04 bits per heavy atom. The number of ketones is 1.